The van der Waals surface area contributed by atoms with E-state index in [-0.39, 0.29) is 0 Å². The number of halogens is 1. The fourth-order valence-corrected chi connectivity index (χ4v) is 4.63. The molecule has 0 spiro atoms. The Morgan fingerprint density at radius 1 is 0.774 bits per heavy atom. The van der Waals surface area contributed by atoms with Crippen LogP contribution in [0.15, 0.2) is 103 Å². The van der Waals surface area contributed by atoms with Crippen LogP contribution in [0, 0.1) is 0 Å². The van der Waals surface area contributed by atoms with Gasteiger partial charge in [-0.2, -0.15) is 0 Å². The highest BCUT2D eigenvalue weighted by Crippen LogP contribution is 2.43. The molecule has 3 aromatic carbocycles. The van der Waals surface area contributed by atoms with Crippen LogP contribution in [0.4, 0.5) is 0 Å². The molecule has 31 heavy (non-hydrogen) atoms. The maximum atomic E-state index is 6.24. The Bertz CT molecular complexity index is 1220. The van der Waals surface area contributed by atoms with Gasteiger partial charge in [-0.1, -0.05) is 110 Å². The highest BCUT2D eigenvalue weighted by Gasteiger charge is 2.40. The number of aromatic nitrogens is 3. The molecule has 152 valence electrons. The van der Waals surface area contributed by atoms with Crippen LogP contribution >= 0.6 is 11.6 Å². The number of aryl methyl sites for hydroxylation is 1. The van der Waals surface area contributed by atoms with Crippen LogP contribution in [0.5, 0.6) is 0 Å². The molecule has 0 radical (unpaired) electrons. The normalized spacial score (nSPS) is 11.7. The van der Waals surface area contributed by atoms with Crippen molar-refractivity contribution in [3.05, 3.63) is 131 Å². The van der Waals surface area contributed by atoms with Gasteiger partial charge in [0.05, 0.1) is 6.20 Å². The smallest absolute Gasteiger partial charge is 0.160 e. The average Bonchev–Trinajstić information content (AvgIpc) is 3.20. The third kappa shape index (κ3) is 3.13. The van der Waals surface area contributed by atoms with Crippen molar-refractivity contribution in [2.75, 3.05) is 0 Å². The standard InChI is InChI=1S/C27H22ClN3/c1-2-20-19-31(26-25(20)30-24(28)18-29-26)27(21-12-6-3-7-13-21,22-14-8-4-9-15-22)23-16-10-5-11-17-23/h3-19H,2H2,1H3. The molecule has 0 bridgehead atoms. The maximum absolute atomic E-state index is 6.24. The molecule has 0 N–H and O–H groups in total. The van der Waals surface area contributed by atoms with E-state index in [0.29, 0.717) is 5.15 Å². The molecule has 0 atom stereocenters. The molecule has 5 rings (SSSR count). The predicted octanol–water partition coefficient (Wildman–Crippen LogP) is 6.49. The lowest BCUT2D eigenvalue weighted by Gasteiger charge is -2.38. The van der Waals surface area contributed by atoms with Crippen molar-refractivity contribution in [3.63, 3.8) is 0 Å². The largest absolute Gasteiger partial charge is 0.312 e. The first-order valence-corrected chi connectivity index (χ1v) is 10.8. The highest BCUT2D eigenvalue weighted by molar-refractivity contribution is 6.29. The monoisotopic (exact) mass is 423 g/mol. The fraction of sp³-hybridized carbons (Fsp3) is 0.111. The molecule has 5 aromatic rings. The molecule has 4 heteroatoms. The first-order valence-electron chi connectivity index (χ1n) is 10.4. The van der Waals surface area contributed by atoms with E-state index in [0.717, 1.165) is 39.8 Å². The molecule has 0 unspecified atom stereocenters. The molecule has 0 fully saturated rings. The fourth-order valence-electron chi connectivity index (χ4n) is 4.50. The van der Waals surface area contributed by atoms with Gasteiger partial charge in [-0.25, -0.2) is 9.97 Å². The van der Waals surface area contributed by atoms with Gasteiger partial charge in [0.1, 0.15) is 16.2 Å². The Kier molecular flexibility index (Phi) is 5.05. The average molecular weight is 424 g/mol. The van der Waals surface area contributed by atoms with Crippen LogP contribution in [0.25, 0.3) is 11.2 Å². The Morgan fingerprint density at radius 3 is 1.71 bits per heavy atom. The van der Waals surface area contributed by atoms with E-state index in [1.54, 1.807) is 6.20 Å². The van der Waals surface area contributed by atoms with E-state index < -0.39 is 5.54 Å². The number of hydrogen-bond acceptors (Lipinski definition) is 2. The Labute approximate surface area is 187 Å². The highest BCUT2D eigenvalue weighted by atomic mass is 35.5. The van der Waals surface area contributed by atoms with Crippen molar-refractivity contribution < 1.29 is 0 Å². The van der Waals surface area contributed by atoms with Gasteiger partial charge in [0.15, 0.2) is 5.65 Å². The number of benzene rings is 3. The molecule has 3 nitrogen and oxygen atoms in total. The van der Waals surface area contributed by atoms with Crippen LogP contribution in [0.2, 0.25) is 5.15 Å². The minimum absolute atomic E-state index is 0.407. The van der Waals surface area contributed by atoms with Crippen LogP contribution in [-0.2, 0) is 12.0 Å². The summed E-state index contributed by atoms with van der Waals surface area (Å²) in [4.78, 5) is 9.40. The van der Waals surface area contributed by atoms with Crippen molar-refractivity contribution in [1.82, 2.24) is 14.5 Å². The summed E-state index contributed by atoms with van der Waals surface area (Å²) in [7, 11) is 0. The van der Waals surface area contributed by atoms with Crippen LogP contribution in [0.3, 0.4) is 0 Å². The Morgan fingerprint density at radius 2 is 1.26 bits per heavy atom. The predicted molar refractivity (Wildman–Crippen MR) is 127 cm³/mol. The summed E-state index contributed by atoms with van der Waals surface area (Å²) in [6, 6.07) is 31.8. The molecule has 0 saturated carbocycles. The summed E-state index contributed by atoms with van der Waals surface area (Å²) in [5.41, 5.74) is 5.64. The number of hydrogen-bond donors (Lipinski definition) is 0. The summed E-state index contributed by atoms with van der Waals surface area (Å²) in [6.45, 7) is 2.14. The third-order valence-corrected chi connectivity index (χ3v) is 6.04. The second-order valence-electron chi connectivity index (χ2n) is 7.55. The molecule has 0 aliphatic rings. The van der Waals surface area contributed by atoms with E-state index in [1.165, 1.54) is 0 Å². The quantitative estimate of drug-likeness (QED) is 0.302. The zero-order valence-electron chi connectivity index (χ0n) is 17.2. The van der Waals surface area contributed by atoms with Gasteiger partial charge in [0, 0.05) is 6.20 Å². The summed E-state index contributed by atoms with van der Waals surface area (Å²) in [6.07, 6.45) is 4.66. The third-order valence-electron chi connectivity index (χ3n) is 5.86. The van der Waals surface area contributed by atoms with Gasteiger partial charge in [0.25, 0.3) is 0 Å². The van der Waals surface area contributed by atoms with E-state index in [9.17, 15) is 0 Å². The summed E-state index contributed by atoms with van der Waals surface area (Å²) in [5, 5.41) is 0.407. The van der Waals surface area contributed by atoms with Crippen molar-refractivity contribution in [2.24, 2.45) is 0 Å². The van der Waals surface area contributed by atoms with Crippen LogP contribution < -0.4 is 0 Å². The van der Waals surface area contributed by atoms with E-state index in [2.05, 4.69) is 114 Å². The van der Waals surface area contributed by atoms with E-state index in [4.69, 9.17) is 16.6 Å². The van der Waals surface area contributed by atoms with E-state index >= 15 is 0 Å². The summed E-state index contributed by atoms with van der Waals surface area (Å²) >= 11 is 6.24. The number of fused-ring (bicyclic) bond motifs is 1. The maximum Gasteiger partial charge on any atom is 0.160 e. The van der Waals surface area contributed by atoms with Gasteiger partial charge in [-0.3, -0.25) is 0 Å². The SMILES string of the molecule is CCc1cn(C(c2ccccc2)(c2ccccc2)c2ccccc2)c2ncc(Cl)nc12. The zero-order valence-corrected chi connectivity index (χ0v) is 18.0. The summed E-state index contributed by atoms with van der Waals surface area (Å²) < 4.78 is 2.27. The first-order chi connectivity index (χ1) is 15.2. The first kappa shape index (κ1) is 19.5. The Hall–Kier alpha value is -3.43. The van der Waals surface area contributed by atoms with Crippen molar-refractivity contribution in [2.45, 2.75) is 18.9 Å². The molecular formula is C27H22ClN3. The van der Waals surface area contributed by atoms with Gasteiger partial charge in [-0.05, 0) is 28.7 Å². The molecule has 0 amide bonds. The lowest BCUT2D eigenvalue weighted by molar-refractivity contribution is 0.528. The van der Waals surface area contributed by atoms with E-state index in [1.807, 2.05) is 0 Å². The lowest BCUT2D eigenvalue weighted by Crippen LogP contribution is -2.37. The lowest BCUT2D eigenvalue weighted by atomic mass is 9.76. The van der Waals surface area contributed by atoms with Gasteiger partial charge in [0.2, 0.25) is 0 Å². The zero-order chi connectivity index (χ0) is 21.3. The van der Waals surface area contributed by atoms with Crippen molar-refractivity contribution >= 4 is 22.8 Å². The second-order valence-corrected chi connectivity index (χ2v) is 7.94. The topological polar surface area (TPSA) is 30.7 Å². The van der Waals surface area contributed by atoms with Crippen molar-refractivity contribution in [1.29, 1.82) is 0 Å². The van der Waals surface area contributed by atoms with Crippen molar-refractivity contribution in [3.8, 4) is 0 Å². The second kappa shape index (κ2) is 8.01. The number of rotatable bonds is 5. The van der Waals surface area contributed by atoms with Gasteiger partial charge >= 0.3 is 0 Å². The Balaban J connectivity index is 1.98. The van der Waals surface area contributed by atoms with Crippen LogP contribution in [0.1, 0.15) is 29.2 Å². The summed E-state index contributed by atoms with van der Waals surface area (Å²) in [5.74, 6) is 0. The molecule has 0 aliphatic carbocycles. The molecule has 2 heterocycles. The van der Waals surface area contributed by atoms with Gasteiger partial charge in [-0.15, -0.1) is 0 Å². The minimum atomic E-state index is -0.613. The number of nitrogens with zero attached hydrogens (tertiary/aromatic N) is 3. The molecule has 0 saturated heterocycles. The molecule has 0 aliphatic heterocycles. The molecule has 2 aromatic heterocycles. The van der Waals surface area contributed by atoms with Gasteiger partial charge < -0.3 is 4.57 Å². The van der Waals surface area contributed by atoms with Crippen LogP contribution in [-0.4, -0.2) is 14.5 Å². The molecular weight excluding hydrogens is 402 g/mol. The minimum Gasteiger partial charge on any atom is -0.312 e.